The number of rotatable bonds is 6. The fourth-order valence-corrected chi connectivity index (χ4v) is 3.22. The molecule has 0 aliphatic carbocycles. The summed E-state index contributed by atoms with van der Waals surface area (Å²) in [6, 6.07) is 14.4. The number of hydrogen-bond donors (Lipinski definition) is 0. The summed E-state index contributed by atoms with van der Waals surface area (Å²) in [4.78, 5) is 7.88. The smallest absolute Gasteiger partial charge is 0.221 e. The van der Waals surface area contributed by atoms with E-state index in [1.807, 2.05) is 24.4 Å². The standard InChI is InChI=1S/C18H20N2OS/c1-20(2)12-10-16(17-8-5-13-22-17)21-18-15-7-4-3-6-14(15)9-11-19-18/h3-9,11,13,16H,10,12H2,1-2H3. The Morgan fingerprint density at radius 2 is 2.00 bits per heavy atom. The Kier molecular flexibility index (Phi) is 4.71. The number of thiophene rings is 1. The summed E-state index contributed by atoms with van der Waals surface area (Å²) in [5, 5.41) is 4.32. The van der Waals surface area contributed by atoms with Crippen molar-refractivity contribution in [2.45, 2.75) is 12.5 Å². The van der Waals surface area contributed by atoms with E-state index in [0.717, 1.165) is 29.6 Å². The minimum atomic E-state index is 0.0423. The SMILES string of the molecule is CN(C)CCC(Oc1nccc2ccccc12)c1cccs1. The molecule has 0 N–H and O–H groups in total. The third-order valence-electron chi connectivity index (χ3n) is 3.59. The van der Waals surface area contributed by atoms with E-state index in [4.69, 9.17) is 4.74 Å². The van der Waals surface area contributed by atoms with E-state index in [1.54, 1.807) is 11.3 Å². The van der Waals surface area contributed by atoms with Gasteiger partial charge in [-0.15, -0.1) is 11.3 Å². The van der Waals surface area contributed by atoms with E-state index in [0.29, 0.717) is 0 Å². The van der Waals surface area contributed by atoms with Gasteiger partial charge in [-0.3, -0.25) is 0 Å². The zero-order chi connectivity index (χ0) is 15.4. The zero-order valence-corrected chi connectivity index (χ0v) is 13.7. The molecule has 0 aliphatic rings. The lowest BCUT2D eigenvalue weighted by molar-refractivity contribution is 0.178. The van der Waals surface area contributed by atoms with Gasteiger partial charge in [-0.05, 0) is 43.1 Å². The van der Waals surface area contributed by atoms with Crippen LogP contribution in [-0.4, -0.2) is 30.5 Å². The average molecular weight is 312 g/mol. The zero-order valence-electron chi connectivity index (χ0n) is 12.9. The lowest BCUT2D eigenvalue weighted by Gasteiger charge is -2.20. The van der Waals surface area contributed by atoms with Crippen LogP contribution in [0.1, 0.15) is 17.4 Å². The van der Waals surface area contributed by atoms with Crippen LogP contribution in [0.2, 0.25) is 0 Å². The second-order valence-electron chi connectivity index (χ2n) is 5.55. The Balaban J connectivity index is 1.88. The van der Waals surface area contributed by atoms with Gasteiger partial charge in [-0.25, -0.2) is 4.98 Å². The Bertz CT molecular complexity index is 720. The molecule has 0 aliphatic heterocycles. The first-order valence-electron chi connectivity index (χ1n) is 7.42. The Morgan fingerprint density at radius 1 is 1.14 bits per heavy atom. The van der Waals surface area contributed by atoms with Gasteiger partial charge in [0.1, 0.15) is 6.10 Å². The van der Waals surface area contributed by atoms with Crippen LogP contribution in [-0.2, 0) is 0 Å². The minimum Gasteiger partial charge on any atom is -0.468 e. The molecule has 1 aromatic carbocycles. The van der Waals surface area contributed by atoms with Crippen LogP contribution in [0, 0.1) is 0 Å². The number of benzene rings is 1. The molecule has 0 saturated carbocycles. The molecule has 1 unspecified atom stereocenters. The van der Waals surface area contributed by atoms with Gasteiger partial charge in [0.05, 0.1) is 0 Å². The summed E-state index contributed by atoms with van der Waals surface area (Å²) in [7, 11) is 4.17. The lowest BCUT2D eigenvalue weighted by atomic mass is 10.1. The molecule has 0 amide bonds. The number of nitrogens with zero attached hydrogens (tertiary/aromatic N) is 2. The molecule has 0 fully saturated rings. The predicted molar refractivity (Wildman–Crippen MR) is 92.6 cm³/mol. The first-order valence-corrected chi connectivity index (χ1v) is 8.30. The van der Waals surface area contributed by atoms with Crippen LogP contribution in [0.15, 0.2) is 54.0 Å². The third kappa shape index (κ3) is 3.46. The Labute approximate surface area is 135 Å². The van der Waals surface area contributed by atoms with E-state index >= 15 is 0 Å². The summed E-state index contributed by atoms with van der Waals surface area (Å²) >= 11 is 1.74. The highest BCUT2D eigenvalue weighted by Crippen LogP contribution is 2.31. The van der Waals surface area contributed by atoms with Crippen LogP contribution in [0.25, 0.3) is 10.8 Å². The maximum Gasteiger partial charge on any atom is 0.221 e. The van der Waals surface area contributed by atoms with Crippen molar-refractivity contribution in [1.29, 1.82) is 0 Å². The molecule has 2 aromatic heterocycles. The molecule has 0 spiro atoms. The predicted octanol–water partition coefficient (Wildman–Crippen LogP) is 4.37. The summed E-state index contributed by atoms with van der Waals surface area (Å²) in [5.74, 6) is 0.718. The van der Waals surface area contributed by atoms with Crippen LogP contribution >= 0.6 is 11.3 Å². The average Bonchev–Trinajstić information content (AvgIpc) is 3.05. The third-order valence-corrected chi connectivity index (χ3v) is 4.55. The summed E-state index contributed by atoms with van der Waals surface area (Å²) < 4.78 is 6.30. The van der Waals surface area contributed by atoms with Gasteiger partial charge in [0.15, 0.2) is 0 Å². The molecule has 2 heterocycles. The number of ether oxygens (including phenoxy) is 1. The van der Waals surface area contributed by atoms with E-state index in [2.05, 4.69) is 53.6 Å². The first-order chi connectivity index (χ1) is 10.7. The number of aromatic nitrogens is 1. The van der Waals surface area contributed by atoms with Crippen molar-refractivity contribution in [1.82, 2.24) is 9.88 Å². The van der Waals surface area contributed by atoms with Crippen molar-refractivity contribution in [2.24, 2.45) is 0 Å². The van der Waals surface area contributed by atoms with Crippen LogP contribution in [0.3, 0.4) is 0 Å². The molecule has 1 atom stereocenters. The van der Waals surface area contributed by atoms with Gasteiger partial charge in [-0.2, -0.15) is 0 Å². The summed E-state index contributed by atoms with van der Waals surface area (Å²) in [6.07, 6.45) is 2.80. The van der Waals surface area contributed by atoms with Crippen LogP contribution < -0.4 is 4.74 Å². The highest BCUT2D eigenvalue weighted by atomic mass is 32.1. The number of pyridine rings is 1. The van der Waals surface area contributed by atoms with E-state index in [-0.39, 0.29) is 6.10 Å². The number of hydrogen-bond acceptors (Lipinski definition) is 4. The molecule has 3 aromatic rings. The summed E-state index contributed by atoms with van der Waals surface area (Å²) in [5.41, 5.74) is 0. The Morgan fingerprint density at radius 3 is 2.77 bits per heavy atom. The fraction of sp³-hybridized carbons (Fsp3) is 0.278. The van der Waals surface area contributed by atoms with Gasteiger partial charge < -0.3 is 9.64 Å². The van der Waals surface area contributed by atoms with Crippen LogP contribution in [0.4, 0.5) is 0 Å². The van der Waals surface area contributed by atoms with Crippen LogP contribution in [0.5, 0.6) is 5.88 Å². The van der Waals surface area contributed by atoms with E-state index in [1.165, 1.54) is 4.88 Å². The van der Waals surface area contributed by atoms with Crippen molar-refractivity contribution < 1.29 is 4.74 Å². The van der Waals surface area contributed by atoms with Crippen molar-refractivity contribution in [2.75, 3.05) is 20.6 Å². The van der Waals surface area contributed by atoms with Gasteiger partial charge in [0, 0.05) is 29.4 Å². The van der Waals surface area contributed by atoms with E-state index < -0.39 is 0 Å². The molecular formula is C18H20N2OS. The lowest BCUT2D eigenvalue weighted by Crippen LogP contribution is -2.18. The highest BCUT2D eigenvalue weighted by Gasteiger charge is 2.17. The molecule has 0 saturated heterocycles. The Hall–Kier alpha value is -1.91. The molecule has 0 radical (unpaired) electrons. The van der Waals surface area contributed by atoms with Gasteiger partial charge in [0.25, 0.3) is 0 Å². The molecule has 4 heteroatoms. The summed E-state index contributed by atoms with van der Waals surface area (Å²) in [6.45, 7) is 0.979. The van der Waals surface area contributed by atoms with E-state index in [9.17, 15) is 0 Å². The maximum absolute atomic E-state index is 6.30. The molecule has 3 nitrogen and oxygen atoms in total. The van der Waals surface area contributed by atoms with Crippen molar-refractivity contribution in [3.05, 3.63) is 58.9 Å². The fourth-order valence-electron chi connectivity index (χ4n) is 2.43. The monoisotopic (exact) mass is 312 g/mol. The van der Waals surface area contributed by atoms with Crippen molar-refractivity contribution >= 4 is 22.1 Å². The maximum atomic E-state index is 6.30. The van der Waals surface area contributed by atoms with Crippen molar-refractivity contribution in [3.8, 4) is 5.88 Å². The topological polar surface area (TPSA) is 25.4 Å². The van der Waals surface area contributed by atoms with Crippen molar-refractivity contribution in [3.63, 3.8) is 0 Å². The molecule has 22 heavy (non-hydrogen) atoms. The second kappa shape index (κ2) is 6.90. The van der Waals surface area contributed by atoms with Gasteiger partial charge >= 0.3 is 0 Å². The minimum absolute atomic E-state index is 0.0423. The molecule has 114 valence electrons. The first kappa shape index (κ1) is 15.0. The largest absolute Gasteiger partial charge is 0.468 e. The normalized spacial score (nSPS) is 12.7. The quantitative estimate of drug-likeness (QED) is 0.676. The molecular weight excluding hydrogens is 292 g/mol. The van der Waals surface area contributed by atoms with Gasteiger partial charge in [0.2, 0.25) is 5.88 Å². The highest BCUT2D eigenvalue weighted by molar-refractivity contribution is 7.10. The number of fused-ring (bicyclic) bond motifs is 1. The molecule has 0 bridgehead atoms. The van der Waals surface area contributed by atoms with Gasteiger partial charge in [-0.1, -0.05) is 24.3 Å². The second-order valence-corrected chi connectivity index (χ2v) is 6.53. The molecule has 3 rings (SSSR count).